The SMILES string of the molecule is O=C(Nc1nc(-c2ccco2)cs1)c1ccc2nsnc2c1. The van der Waals surface area contributed by atoms with Crippen LogP contribution in [-0.4, -0.2) is 19.6 Å². The molecule has 0 saturated carbocycles. The van der Waals surface area contributed by atoms with E-state index < -0.39 is 0 Å². The van der Waals surface area contributed by atoms with E-state index in [0.29, 0.717) is 27.7 Å². The Balaban J connectivity index is 1.56. The average Bonchev–Trinajstić information content (AvgIpc) is 3.27. The fourth-order valence-electron chi connectivity index (χ4n) is 1.96. The van der Waals surface area contributed by atoms with E-state index in [1.165, 1.54) is 11.3 Å². The number of carbonyl (C=O) groups excluding carboxylic acids is 1. The van der Waals surface area contributed by atoms with Gasteiger partial charge in [0.2, 0.25) is 0 Å². The molecule has 1 aromatic carbocycles. The molecule has 3 aromatic heterocycles. The fraction of sp³-hybridized carbons (Fsp3) is 0. The minimum Gasteiger partial charge on any atom is -0.463 e. The van der Waals surface area contributed by atoms with E-state index in [1.807, 2.05) is 11.4 Å². The van der Waals surface area contributed by atoms with E-state index >= 15 is 0 Å². The van der Waals surface area contributed by atoms with Gasteiger partial charge >= 0.3 is 0 Å². The van der Waals surface area contributed by atoms with Crippen LogP contribution in [0.5, 0.6) is 0 Å². The lowest BCUT2D eigenvalue weighted by molar-refractivity contribution is 0.102. The first kappa shape index (κ1) is 13.1. The van der Waals surface area contributed by atoms with Crippen LogP contribution in [0.4, 0.5) is 5.13 Å². The highest BCUT2D eigenvalue weighted by Gasteiger charge is 2.12. The third-order valence-corrected chi connectivity index (χ3v) is 4.33. The summed E-state index contributed by atoms with van der Waals surface area (Å²) in [5.74, 6) is 0.446. The number of nitrogens with one attached hydrogen (secondary N) is 1. The number of benzene rings is 1. The monoisotopic (exact) mass is 328 g/mol. The van der Waals surface area contributed by atoms with Crippen molar-refractivity contribution in [3.8, 4) is 11.5 Å². The Bertz CT molecular complexity index is 943. The van der Waals surface area contributed by atoms with Gasteiger partial charge < -0.3 is 4.42 Å². The van der Waals surface area contributed by atoms with Crippen molar-refractivity contribution in [1.82, 2.24) is 13.7 Å². The number of anilines is 1. The third kappa shape index (κ3) is 2.38. The highest BCUT2D eigenvalue weighted by molar-refractivity contribution is 7.14. The number of carbonyl (C=O) groups is 1. The Hall–Kier alpha value is -2.58. The number of fused-ring (bicyclic) bond motifs is 1. The molecule has 4 rings (SSSR count). The van der Waals surface area contributed by atoms with Crippen LogP contribution in [0.3, 0.4) is 0 Å². The third-order valence-electron chi connectivity index (χ3n) is 3.01. The first-order valence-electron chi connectivity index (χ1n) is 6.33. The molecule has 8 heteroatoms. The molecule has 0 saturated heterocycles. The molecular formula is C14H8N4O2S2. The first-order valence-corrected chi connectivity index (χ1v) is 7.94. The summed E-state index contributed by atoms with van der Waals surface area (Å²) in [7, 11) is 0. The van der Waals surface area contributed by atoms with Crippen LogP contribution in [0.2, 0.25) is 0 Å². The molecule has 0 atom stereocenters. The molecule has 0 unspecified atom stereocenters. The summed E-state index contributed by atoms with van der Waals surface area (Å²) in [5.41, 5.74) is 2.73. The van der Waals surface area contributed by atoms with Gasteiger partial charge in [-0.05, 0) is 30.3 Å². The Kier molecular flexibility index (Phi) is 3.17. The Labute approximate surface area is 132 Å². The molecule has 0 aliphatic rings. The zero-order valence-corrected chi connectivity index (χ0v) is 12.6. The Morgan fingerprint density at radius 1 is 1.18 bits per heavy atom. The van der Waals surface area contributed by atoms with Crippen molar-refractivity contribution < 1.29 is 9.21 Å². The average molecular weight is 328 g/mol. The van der Waals surface area contributed by atoms with Crippen LogP contribution < -0.4 is 5.32 Å². The quantitative estimate of drug-likeness (QED) is 0.621. The molecule has 0 spiro atoms. The van der Waals surface area contributed by atoms with Gasteiger partial charge in [0.15, 0.2) is 10.9 Å². The second-order valence-corrected chi connectivity index (χ2v) is 5.82. The standard InChI is InChI=1S/C14H8N4O2S2/c19-13(8-3-4-9-10(6-8)18-22-17-9)16-14-15-11(7-21-14)12-2-1-5-20-12/h1-7H,(H,15,16,19). The van der Waals surface area contributed by atoms with E-state index in [1.54, 1.807) is 30.5 Å². The molecule has 0 fully saturated rings. The summed E-state index contributed by atoms with van der Waals surface area (Å²) in [6.07, 6.45) is 1.59. The van der Waals surface area contributed by atoms with Crippen LogP contribution in [0, 0.1) is 0 Å². The molecule has 4 aromatic rings. The molecule has 108 valence electrons. The Morgan fingerprint density at radius 3 is 2.95 bits per heavy atom. The maximum atomic E-state index is 12.3. The summed E-state index contributed by atoms with van der Waals surface area (Å²) in [6, 6.07) is 8.84. The molecule has 22 heavy (non-hydrogen) atoms. The lowest BCUT2D eigenvalue weighted by Crippen LogP contribution is -2.11. The van der Waals surface area contributed by atoms with Gasteiger partial charge in [0, 0.05) is 10.9 Å². The second-order valence-electron chi connectivity index (χ2n) is 4.44. The van der Waals surface area contributed by atoms with Gasteiger partial charge in [-0.15, -0.1) is 11.3 Å². The number of thiazole rings is 1. The van der Waals surface area contributed by atoms with Crippen LogP contribution in [0.25, 0.3) is 22.5 Å². The van der Waals surface area contributed by atoms with Crippen LogP contribution in [0.15, 0.2) is 46.4 Å². The maximum absolute atomic E-state index is 12.3. The summed E-state index contributed by atoms with van der Waals surface area (Å²) in [5, 5.41) is 5.14. The molecule has 0 aliphatic carbocycles. The number of amides is 1. The Morgan fingerprint density at radius 2 is 2.09 bits per heavy atom. The lowest BCUT2D eigenvalue weighted by Gasteiger charge is -2.01. The smallest absolute Gasteiger partial charge is 0.257 e. The molecular weight excluding hydrogens is 320 g/mol. The van der Waals surface area contributed by atoms with Crippen molar-refractivity contribution >= 4 is 45.1 Å². The van der Waals surface area contributed by atoms with Crippen LogP contribution in [0.1, 0.15) is 10.4 Å². The fourth-order valence-corrected chi connectivity index (χ4v) is 3.17. The van der Waals surface area contributed by atoms with Crippen molar-refractivity contribution in [3.05, 3.63) is 47.5 Å². The largest absolute Gasteiger partial charge is 0.463 e. The van der Waals surface area contributed by atoms with Gasteiger partial charge in [-0.25, -0.2) is 4.98 Å². The molecule has 1 amide bonds. The van der Waals surface area contributed by atoms with Crippen molar-refractivity contribution in [3.63, 3.8) is 0 Å². The number of hydrogen-bond acceptors (Lipinski definition) is 7. The first-order chi connectivity index (χ1) is 10.8. The zero-order chi connectivity index (χ0) is 14.9. The summed E-state index contributed by atoms with van der Waals surface area (Å²) in [6.45, 7) is 0. The summed E-state index contributed by atoms with van der Waals surface area (Å²) < 4.78 is 13.5. The van der Waals surface area contributed by atoms with Gasteiger partial charge in [0.25, 0.3) is 5.91 Å². The topological polar surface area (TPSA) is 80.9 Å². The lowest BCUT2D eigenvalue weighted by atomic mass is 10.2. The minimum absolute atomic E-state index is 0.227. The highest BCUT2D eigenvalue weighted by atomic mass is 32.1. The number of aromatic nitrogens is 3. The number of hydrogen-bond donors (Lipinski definition) is 1. The minimum atomic E-state index is -0.227. The van der Waals surface area contributed by atoms with Crippen LogP contribution in [-0.2, 0) is 0 Å². The van der Waals surface area contributed by atoms with Gasteiger partial charge in [0.1, 0.15) is 16.7 Å². The van der Waals surface area contributed by atoms with Gasteiger partial charge in [0.05, 0.1) is 18.0 Å². The second kappa shape index (κ2) is 5.32. The molecule has 6 nitrogen and oxygen atoms in total. The van der Waals surface area contributed by atoms with E-state index in [-0.39, 0.29) is 5.91 Å². The normalized spacial score (nSPS) is 10.9. The van der Waals surface area contributed by atoms with Crippen LogP contribution >= 0.6 is 23.1 Å². The van der Waals surface area contributed by atoms with E-state index in [2.05, 4.69) is 19.0 Å². The number of nitrogens with zero attached hydrogens (tertiary/aromatic N) is 3. The predicted octanol–water partition coefficient (Wildman–Crippen LogP) is 3.66. The summed E-state index contributed by atoms with van der Waals surface area (Å²) >= 11 is 2.47. The maximum Gasteiger partial charge on any atom is 0.257 e. The van der Waals surface area contributed by atoms with Crippen molar-refractivity contribution in [2.75, 3.05) is 5.32 Å². The molecule has 1 N–H and O–H groups in total. The van der Waals surface area contributed by atoms with Crippen molar-refractivity contribution in [1.29, 1.82) is 0 Å². The highest BCUT2D eigenvalue weighted by Crippen LogP contribution is 2.25. The van der Waals surface area contributed by atoms with Gasteiger partial charge in [-0.3, -0.25) is 10.1 Å². The molecule has 0 bridgehead atoms. The molecule has 3 heterocycles. The number of furan rings is 1. The van der Waals surface area contributed by atoms with E-state index in [9.17, 15) is 4.79 Å². The van der Waals surface area contributed by atoms with Crippen molar-refractivity contribution in [2.24, 2.45) is 0 Å². The molecule has 0 radical (unpaired) electrons. The zero-order valence-electron chi connectivity index (χ0n) is 11.0. The summed E-state index contributed by atoms with van der Waals surface area (Å²) in [4.78, 5) is 16.6. The van der Waals surface area contributed by atoms with E-state index in [4.69, 9.17) is 4.42 Å². The molecule has 0 aliphatic heterocycles. The van der Waals surface area contributed by atoms with E-state index in [0.717, 1.165) is 17.2 Å². The van der Waals surface area contributed by atoms with Gasteiger partial charge in [-0.1, -0.05) is 0 Å². The predicted molar refractivity (Wildman–Crippen MR) is 85.2 cm³/mol. The number of rotatable bonds is 3. The van der Waals surface area contributed by atoms with Crippen molar-refractivity contribution in [2.45, 2.75) is 0 Å². The van der Waals surface area contributed by atoms with Gasteiger partial charge in [-0.2, -0.15) is 8.75 Å².